The second-order valence-corrected chi connectivity index (χ2v) is 7.08. The maximum atomic E-state index is 13.2. The topological polar surface area (TPSA) is 49.9 Å². The first-order valence-corrected chi connectivity index (χ1v) is 9.58. The minimum atomic E-state index is -0.105. The Kier molecular flexibility index (Phi) is 5.04. The smallest absolute Gasteiger partial charge is 0.258 e. The number of carbonyl (C=O) groups excluding carboxylic acids is 2. The molecule has 0 unspecified atom stereocenters. The van der Waals surface area contributed by atoms with Gasteiger partial charge in [0.15, 0.2) is 0 Å². The van der Waals surface area contributed by atoms with Gasteiger partial charge in [-0.25, -0.2) is 0 Å². The van der Waals surface area contributed by atoms with Crippen molar-refractivity contribution in [1.29, 1.82) is 0 Å². The van der Waals surface area contributed by atoms with E-state index in [1.54, 1.807) is 41.0 Å². The van der Waals surface area contributed by atoms with Crippen molar-refractivity contribution in [3.8, 4) is 11.5 Å². The fraction of sp³-hybridized carbons (Fsp3) is 0.167. The number of hydrogen-bond donors (Lipinski definition) is 0. The molecule has 0 fully saturated rings. The Labute approximate surface area is 170 Å². The lowest BCUT2D eigenvalue weighted by atomic mass is 10.1. The highest BCUT2D eigenvalue weighted by molar-refractivity contribution is 6.10. The van der Waals surface area contributed by atoms with Crippen LogP contribution in [-0.2, 0) is 4.79 Å². The van der Waals surface area contributed by atoms with Crippen LogP contribution < -0.4 is 14.5 Å². The zero-order valence-electron chi connectivity index (χ0n) is 16.4. The van der Waals surface area contributed by atoms with E-state index in [2.05, 4.69) is 0 Å². The summed E-state index contributed by atoms with van der Waals surface area (Å²) in [6, 6.07) is 24.0. The van der Waals surface area contributed by atoms with Crippen LogP contribution >= 0.6 is 0 Å². The Hall–Kier alpha value is -3.60. The van der Waals surface area contributed by atoms with Crippen molar-refractivity contribution < 1.29 is 14.3 Å². The van der Waals surface area contributed by atoms with Crippen LogP contribution in [0.5, 0.6) is 11.5 Å². The third kappa shape index (κ3) is 3.72. The lowest BCUT2D eigenvalue weighted by molar-refractivity contribution is -0.117. The highest BCUT2D eigenvalue weighted by Gasteiger charge is 2.33. The van der Waals surface area contributed by atoms with Gasteiger partial charge in [-0.2, -0.15) is 0 Å². The third-order valence-electron chi connectivity index (χ3n) is 4.98. The number of ether oxygens (including phenoxy) is 1. The molecule has 1 heterocycles. The Morgan fingerprint density at radius 2 is 1.41 bits per heavy atom. The molecular weight excluding hydrogens is 364 g/mol. The number of benzene rings is 3. The van der Waals surface area contributed by atoms with E-state index < -0.39 is 0 Å². The Morgan fingerprint density at radius 1 is 0.828 bits per heavy atom. The molecule has 0 saturated carbocycles. The Bertz CT molecular complexity index is 1030. The van der Waals surface area contributed by atoms with E-state index >= 15 is 0 Å². The molecule has 0 aliphatic carbocycles. The van der Waals surface area contributed by atoms with E-state index in [0.29, 0.717) is 17.9 Å². The van der Waals surface area contributed by atoms with Crippen molar-refractivity contribution in [2.45, 2.75) is 19.9 Å². The molecule has 0 aromatic heterocycles. The van der Waals surface area contributed by atoms with Crippen molar-refractivity contribution in [3.63, 3.8) is 0 Å². The van der Waals surface area contributed by atoms with Gasteiger partial charge in [0.25, 0.3) is 5.91 Å². The van der Waals surface area contributed by atoms with Gasteiger partial charge in [0, 0.05) is 19.0 Å². The first kappa shape index (κ1) is 18.7. The number of amides is 2. The maximum absolute atomic E-state index is 13.2. The lowest BCUT2D eigenvalue weighted by Gasteiger charge is -2.40. The summed E-state index contributed by atoms with van der Waals surface area (Å²) < 4.78 is 5.80. The molecule has 4 rings (SSSR count). The van der Waals surface area contributed by atoms with Crippen molar-refractivity contribution in [2.24, 2.45) is 0 Å². The van der Waals surface area contributed by atoms with Crippen LogP contribution in [0.4, 0.5) is 11.4 Å². The average molecular weight is 386 g/mol. The second kappa shape index (κ2) is 7.80. The summed E-state index contributed by atoms with van der Waals surface area (Å²) in [5, 5.41) is 0. The average Bonchev–Trinajstić information content (AvgIpc) is 2.73. The molecule has 29 heavy (non-hydrogen) atoms. The van der Waals surface area contributed by atoms with Gasteiger partial charge in [-0.15, -0.1) is 0 Å². The molecule has 0 bridgehead atoms. The molecule has 5 nitrogen and oxygen atoms in total. The third-order valence-corrected chi connectivity index (χ3v) is 4.98. The van der Waals surface area contributed by atoms with Crippen LogP contribution in [0.15, 0.2) is 78.9 Å². The molecule has 0 spiro atoms. The predicted octanol–water partition coefficient (Wildman–Crippen LogP) is 4.88. The first-order valence-electron chi connectivity index (χ1n) is 9.58. The number of fused-ring (bicyclic) bond motifs is 1. The van der Waals surface area contributed by atoms with Crippen LogP contribution in [0.3, 0.4) is 0 Å². The molecule has 2 amide bonds. The van der Waals surface area contributed by atoms with E-state index in [-0.39, 0.29) is 17.9 Å². The van der Waals surface area contributed by atoms with Gasteiger partial charge in [-0.1, -0.05) is 30.3 Å². The summed E-state index contributed by atoms with van der Waals surface area (Å²) in [6.07, 6.45) is 0. The van der Waals surface area contributed by atoms with Crippen LogP contribution in [0.1, 0.15) is 24.2 Å². The van der Waals surface area contributed by atoms with Crippen molar-refractivity contribution in [1.82, 2.24) is 0 Å². The van der Waals surface area contributed by atoms with Gasteiger partial charge in [0.05, 0.1) is 17.4 Å². The minimum Gasteiger partial charge on any atom is -0.457 e. The van der Waals surface area contributed by atoms with Crippen molar-refractivity contribution in [2.75, 3.05) is 16.3 Å². The minimum absolute atomic E-state index is 0.0283. The van der Waals surface area contributed by atoms with Gasteiger partial charge in [0.1, 0.15) is 11.5 Å². The molecule has 1 atom stereocenters. The van der Waals surface area contributed by atoms with Crippen LogP contribution in [-0.4, -0.2) is 24.4 Å². The molecule has 0 N–H and O–H groups in total. The van der Waals surface area contributed by atoms with Gasteiger partial charge in [-0.05, 0) is 55.5 Å². The fourth-order valence-electron chi connectivity index (χ4n) is 3.70. The van der Waals surface area contributed by atoms with E-state index in [1.807, 2.05) is 61.5 Å². The van der Waals surface area contributed by atoms with Crippen LogP contribution in [0, 0.1) is 0 Å². The highest BCUT2D eigenvalue weighted by atomic mass is 16.5. The van der Waals surface area contributed by atoms with Gasteiger partial charge in [-0.3, -0.25) is 9.59 Å². The van der Waals surface area contributed by atoms with Crippen molar-refractivity contribution in [3.05, 3.63) is 84.4 Å². The number of nitrogens with zero attached hydrogens (tertiary/aromatic N) is 2. The number of anilines is 2. The van der Waals surface area contributed by atoms with Gasteiger partial charge < -0.3 is 14.5 Å². The largest absolute Gasteiger partial charge is 0.457 e. The van der Waals surface area contributed by atoms with Crippen molar-refractivity contribution >= 4 is 23.2 Å². The molecule has 0 radical (unpaired) electrons. The summed E-state index contributed by atoms with van der Waals surface area (Å²) >= 11 is 0. The normalized spacial score (nSPS) is 15.6. The van der Waals surface area contributed by atoms with Crippen LogP contribution in [0.25, 0.3) is 0 Å². The zero-order valence-corrected chi connectivity index (χ0v) is 16.4. The number of rotatable bonds is 3. The molecule has 1 aliphatic rings. The highest BCUT2D eigenvalue weighted by Crippen LogP contribution is 2.36. The summed E-state index contributed by atoms with van der Waals surface area (Å²) in [7, 11) is 0. The number of para-hydroxylation sites is 3. The summed E-state index contributed by atoms with van der Waals surface area (Å²) in [6.45, 7) is 3.95. The molecule has 0 saturated heterocycles. The lowest BCUT2D eigenvalue weighted by Crippen LogP contribution is -2.51. The quantitative estimate of drug-likeness (QED) is 0.645. The molecule has 146 valence electrons. The molecule has 5 heteroatoms. The van der Waals surface area contributed by atoms with Gasteiger partial charge in [0.2, 0.25) is 5.91 Å². The monoisotopic (exact) mass is 386 g/mol. The molecule has 3 aromatic rings. The summed E-state index contributed by atoms with van der Waals surface area (Å²) in [5.41, 5.74) is 2.08. The Morgan fingerprint density at radius 3 is 2.07 bits per heavy atom. The SMILES string of the molecule is CC(=O)N1c2ccccc2N(C(=O)c2ccc(Oc3ccccc3)cc2)C[C@@H]1C. The fourth-order valence-corrected chi connectivity index (χ4v) is 3.70. The molecule has 3 aromatic carbocycles. The van der Waals surface area contributed by atoms with E-state index in [4.69, 9.17) is 4.74 Å². The zero-order chi connectivity index (χ0) is 20.4. The molecular formula is C24H22N2O3. The van der Waals surface area contributed by atoms with Gasteiger partial charge >= 0.3 is 0 Å². The van der Waals surface area contributed by atoms with Crippen LogP contribution in [0.2, 0.25) is 0 Å². The van der Waals surface area contributed by atoms with E-state index in [0.717, 1.165) is 17.1 Å². The standard InChI is InChI=1S/C24H22N2O3/c1-17-16-25(22-10-6-7-11-23(22)26(17)18(2)27)24(28)19-12-14-21(15-13-19)29-20-8-4-3-5-9-20/h3-15,17H,16H2,1-2H3/t17-/m0/s1. The maximum Gasteiger partial charge on any atom is 0.258 e. The van der Waals surface area contributed by atoms with E-state index in [1.165, 1.54) is 0 Å². The summed E-state index contributed by atoms with van der Waals surface area (Å²) in [4.78, 5) is 28.8. The number of hydrogen-bond acceptors (Lipinski definition) is 3. The predicted molar refractivity (Wildman–Crippen MR) is 114 cm³/mol. The summed E-state index contributed by atoms with van der Waals surface area (Å²) in [5.74, 6) is 1.29. The Balaban J connectivity index is 1.59. The van der Waals surface area contributed by atoms with E-state index in [9.17, 15) is 9.59 Å². The second-order valence-electron chi connectivity index (χ2n) is 7.08. The first-order chi connectivity index (χ1) is 14.0. The number of carbonyl (C=O) groups is 2. The molecule has 1 aliphatic heterocycles.